The Morgan fingerprint density at radius 1 is 1.29 bits per heavy atom. The summed E-state index contributed by atoms with van der Waals surface area (Å²) < 4.78 is 0. The molecule has 1 aromatic heterocycles. The molecule has 21 heavy (non-hydrogen) atoms. The molecule has 6 nitrogen and oxygen atoms in total. The van der Waals surface area contributed by atoms with E-state index >= 15 is 0 Å². The Bertz CT molecular complexity index is 521. The molecule has 0 radical (unpaired) electrons. The fourth-order valence-corrected chi connectivity index (χ4v) is 3.12. The molecule has 1 saturated carbocycles. The van der Waals surface area contributed by atoms with Gasteiger partial charge in [-0.05, 0) is 24.3 Å². The third kappa shape index (κ3) is 3.81. The van der Waals surface area contributed by atoms with Crippen LogP contribution in [0.25, 0.3) is 0 Å². The second-order valence-corrected chi connectivity index (χ2v) is 6.07. The monoisotopic (exact) mass is 310 g/mol. The maximum Gasteiger partial charge on any atom is 0.329 e. The molecule has 114 valence electrons. The lowest BCUT2D eigenvalue weighted by atomic mass is 9.97. The highest BCUT2D eigenvalue weighted by molar-refractivity contribution is 7.12. The second-order valence-electron chi connectivity index (χ2n) is 5.13. The van der Waals surface area contributed by atoms with Crippen LogP contribution in [0.5, 0.6) is 0 Å². The zero-order valence-electron chi connectivity index (χ0n) is 11.6. The molecule has 1 fully saturated rings. The first-order valence-corrected chi connectivity index (χ1v) is 7.78. The molecule has 0 aliphatic heterocycles. The van der Waals surface area contributed by atoms with Gasteiger partial charge in [-0.3, -0.25) is 9.59 Å². The summed E-state index contributed by atoms with van der Waals surface area (Å²) in [6.45, 7) is 0.193. The summed E-state index contributed by atoms with van der Waals surface area (Å²) in [6, 6.07) is 3.49. The lowest BCUT2D eigenvalue weighted by Crippen LogP contribution is -2.52. The van der Waals surface area contributed by atoms with Crippen LogP contribution in [-0.2, 0) is 9.59 Å². The first-order valence-electron chi connectivity index (χ1n) is 6.90. The van der Waals surface area contributed by atoms with Crippen molar-refractivity contribution in [1.82, 2.24) is 10.6 Å². The predicted molar refractivity (Wildman–Crippen MR) is 78.2 cm³/mol. The van der Waals surface area contributed by atoms with Gasteiger partial charge >= 0.3 is 5.97 Å². The van der Waals surface area contributed by atoms with Crippen molar-refractivity contribution in [3.8, 4) is 0 Å². The maximum absolute atomic E-state index is 11.9. The van der Waals surface area contributed by atoms with Crippen molar-refractivity contribution in [2.24, 2.45) is 0 Å². The number of thiophene rings is 1. The van der Waals surface area contributed by atoms with Crippen LogP contribution in [0.2, 0.25) is 0 Å². The van der Waals surface area contributed by atoms with Gasteiger partial charge in [-0.1, -0.05) is 18.9 Å². The molecule has 0 aromatic carbocycles. The highest BCUT2D eigenvalue weighted by Crippen LogP contribution is 2.29. The van der Waals surface area contributed by atoms with E-state index in [4.69, 9.17) is 0 Å². The average Bonchev–Trinajstić information content (AvgIpc) is 3.10. The summed E-state index contributed by atoms with van der Waals surface area (Å²) in [5, 5.41) is 16.3. The number of hydrogen-bond donors (Lipinski definition) is 3. The van der Waals surface area contributed by atoms with Gasteiger partial charge in [0.05, 0.1) is 4.88 Å². The van der Waals surface area contributed by atoms with E-state index in [1.165, 1.54) is 11.3 Å². The van der Waals surface area contributed by atoms with Gasteiger partial charge in [0.25, 0.3) is 5.91 Å². The van der Waals surface area contributed by atoms with Crippen molar-refractivity contribution in [2.75, 3.05) is 6.54 Å². The first-order chi connectivity index (χ1) is 10.0. The number of carbonyl (C=O) groups is 3. The molecular formula is C14H18N2O4S. The van der Waals surface area contributed by atoms with Crippen LogP contribution in [0.15, 0.2) is 17.5 Å². The van der Waals surface area contributed by atoms with E-state index in [9.17, 15) is 19.5 Å². The van der Waals surface area contributed by atoms with Crippen LogP contribution in [0.4, 0.5) is 0 Å². The number of nitrogens with one attached hydrogen (secondary N) is 2. The Hall–Kier alpha value is -1.89. The molecule has 7 heteroatoms. The van der Waals surface area contributed by atoms with E-state index in [-0.39, 0.29) is 24.8 Å². The molecule has 0 bridgehead atoms. The predicted octanol–water partition coefficient (Wildman–Crippen LogP) is 1.38. The van der Waals surface area contributed by atoms with Gasteiger partial charge in [-0.15, -0.1) is 11.3 Å². The highest BCUT2D eigenvalue weighted by Gasteiger charge is 2.42. The third-order valence-electron chi connectivity index (χ3n) is 3.63. The number of carboxylic acids is 1. The van der Waals surface area contributed by atoms with Gasteiger partial charge < -0.3 is 15.7 Å². The Morgan fingerprint density at radius 3 is 2.57 bits per heavy atom. The Morgan fingerprint density at radius 2 is 2.00 bits per heavy atom. The maximum atomic E-state index is 11.9. The summed E-state index contributed by atoms with van der Waals surface area (Å²) in [7, 11) is 0. The first kappa shape index (κ1) is 15.5. The number of rotatable bonds is 6. The van der Waals surface area contributed by atoms with Gasteiger partial charge in [0, 0.05) is 13.0 Å². The molecule has 1 heterocycles. The Kier molecular flexibility index (Phi) is 4.95. The van der Waals surface area contributed by atoms with Gasteiger partial charge in [-0.25, -0.2) is 4.79 Å². The Labute approximate surface area is 126 Å². The standard InChI is InChI=1S/C14H18N2O4S/c17-11(16-14(13(19)20)6-1-2-7-14)5-8-15-12(18)10-4-3-9-21-10/h3-4,9H,1-2,5-8H2,(H,15,18)(H,16,17)(H,19,20). The smallest absolute Gasteiger partial charge is 0.329 e. The molecule has 1 aliphatic carbocycles. The molecule has 0 atom stereocenters. The van der Waals surface area contributed by atoms with Gasteiger partial charge in [0.1, 0.15) is 5.54 Å². The van der Waals surface area contributed by atoms with Crippen molar-refractivity contribution in [3.05, 3.63) is 22.4 Å². The van der Waals surface area contributed by atoms with Crippen LogP contribution in [0.3, 0.4) is 0 Å². The van der Waals surface area contributed by atoms with E-state index in [1.807, 2.05) is 0 Å². The van der Waals surface area contributed by atoms with Crippen LogP contribution in [-0.4, -0.2) is 35.0 Å². The average molecular weight is 310 g/mol. The summed E-state index contributed by atoms with van der Waals surface area (Å²) in [4.78, 5) is 35.4. The largest absolute Gasteiger partial charge is 0.480 e. The minimum absolute atomic E-state index is 0.0755. The van der Waals surface area contributed by atoms with Crippen LogP contribution < -0.4 is 10.6 Å². The second kappa shape index (κ2) is 6.71. The zero-order valence-corrected chi connectivity index (χ0v) is 12.4. The summed E-state index contributed by atoms with van der Waals surface area (Å²) in [5.74, 6) is -1.53. The number of amides is 2. The van der Waals surface area contributed by atoms with Crippen molar-refractivity contribution in [1.29, 1.82) is 0 Å². The third-order valence-corrected chi connectivity index (χ3v) is 4.50. The molecule has 1 aliphatic rings. The number of aliphatic carboxylic acids is 1. The molecule has 1 aromatic rings. The molecule has 2 amide bonds. The van der Waals surface area contributed by atoms with Gasteiger partial charge in [-0.2, -0.15) is 0 Å². The van der Waals surface area contributed by atoms with Crippen molar-refractivity contribution in [2.45, 2.75) is 37.6 Å². The molecule has 0 saturated heterocycles. The lowest BCUT2D eigenvalue weighted by molar-refractivity contribution is -0.147. The topological polar surface area (TPSA) is 95.5 Å². The van der Waals surface area contributed by atoms with E-state index < -0.39 is 11.5 Å². The molecule has 0 spiro atoms. The van der Waals surface area contributed by atoms with E-state index in [1.54, 1.807) is 17.5 Å². The number of carbonyl (C=O) groups excluding carboxylic acids is 2. The van der Waals surface area contributed by atoms with Crippen molar-refractivity contribution < 1.29 is 19.5 Å². The molecule has 3 N–H and O–H groups in total. The fraction of sp³-hybridized carbons (Fsp3) is 0.500. The molecule has 0 unspecified atom stereocenters. The number of hydrogen-bond acceptors (Lipinski definition) is 4. The quantitative estimate of drug-likeness (QED) is 0.739. The zero-order chi connectivity index (χ0) is 15.3. The number of carboxylic acid groups (broad SMARTS) is 1. The lowest BCUT2D eigenvalue weighted by Gasteiger charge is -2.25. The van der Waals surface area contributed by atoms with Crippen molar-refractivity contribution in [3.63, 3.8) is 0 Å². The summed E-state index contributed by atoms with van der Waals surface area (Å²) >= 11 is 1.33. The molecule has 2 rings (SSSR count). The molecular weight excluding hydrogens is 292 g/mol. The minimum atomic E-state index is -1.12. The fourth-order valence-electron chi connectivity index (χ4n) is 2.48. The summed E-state index contributed by atoms with van der Waals surface area (Å²) in [6.07, 6.45) is 2.63. The van der Waals surface area contributed by atoms with Gasteiger partial charge in [0.2, 0.25) is 5.91 Å². The minimum Gasteiger partial charge on any atom is -0.480 e. The SMILES string of the molecule is O=C(CCNC(=O)c1cccs1)NC1(C(=O)O)CCCC1. The van der Waals surface area contributed by atoms with Gasteiger partial charge in [0.15, 0.2) is 0 Å². The highest BCUT2D eigenvalue weighted by atomic mass is 32.1. The van der Waals surface area contributed by atoms with E-state index in [2.05, 4.69) is 10.6 Å². The van der Waals surface area contributed by atoms with Crippen LogP contribution in [0.1, 0.15) is 41.8 Å². The Balaban J connectivity index is 1.77. The van der Waals surface area contributed by atoms with E-state index in [0.29, 0.717) is 17.7 Å². The van der Waals surface area contributed by atoms with E-state index in [0.717, 1.165) is 12.8 Å². The summed E-state index contributed by atoms with van der Waals surface area (Å²) in [5.41, 5.74) is -1.12. The normalized spacial score (nSPS) is 16.4. The van der Waals surface area contributed by atoms with Crippen molar-refractivity contribution >= 4 is 29.1 Å². The van der Waals surface area contributed by atoms with Crippen LogP contribution in [0, 0.1) is 0 Å². The van der Waals surface area contributed by atoms with Crippen LogP contribution >= 0.6 is 11.3 Å².